The molecule has 202 valence electrons. The average Bonchev–Trinajstić information content (AvgIpc) is 3.36. The van der Waals surface area contributed by atoms with Crippen LogP contribution in [0.4, 0.5) is 15.8 Å². The van der Waals surface area contributed by atoms with Crippen molar-refractivity contribution in [3.63, 3.8) is 0 Å². The highest BCUT2D eigenvalue weighted by atomic mass is 79.9. The summed E-state index contributed by atoms with van der Waals surface area (Å²) in [7, 11) is 0. The van der Waals surface area contributed by atoms with E-state index in [1.54, 1.807) is 12.1 Å². The van der Waals surface area contributed by atoms with Crippen LogP contribution in [-0.2, 0) is 20.9 Å². The van der Waals surface area contributed by atoms with Crippen molar-refractivity contribution >= 4 is 68.1 Å². The van der Waals surface area contributed by atoms with Gasteiger partial charge in [0.1, 0.15) is 17.6 Å². The van der Waals surface area contributed by atoms with Gasteiger partial charge >= 0.3 is 4.87 Å². The second-order valence-electron chi connectivity index (χ2n) is 9.62. The molecule has 3 aromatic carbocycles. The van der Waals surface area contributed by atoms with Crippen LogP contribution in [0.2, 0.25) is 0 Å². The van der Waals surface area contributed by atoms with Gasteiger partial charge in [0.05, 0.1) is 16.6 Å². The third-order valence-corrected chi connectivity index (χ3v) is 10.1. The van der Waals surface area contributed by atoms with Crippen LogP contribution in [0.5, 0.6) is 0 Å². The summed E-state index contributed by atoms with van der Waals surface area (Å²) in [5.41, 5.74) is 2.72. The van der Waals surface area contributed by atoms with Gasteiger partial charge in [-0.15, -0.1) is 0 Å². The van der Waals surface area contributed by atoms with Crippen LogP contribution < -0.4 is 15.1 Å². The monoisotopic (exact) mass is 637 g/mol. The lowest BCUT2D eigenvalue weighted by Gasteiger charge is -2.30. The number of hydrogen-bond donors (Lipinski definition) is 1. The lowest BCUT2D eigenvalue weighted by Crippen LogP contribution is -2.33. The zero-order valence-corrected chi connectivity index (χ0v) is 24.2. The molecule has 1 N–H and O–H groups in total. The van der Waals surface area contributed by atoms with Gasteiger partial charge in [-0.1, -0.05) is 68.9 Å². The van der Waals surface area contributed by atoms with Crippen molar-refractivity contribution in [2.45, 2.75) is 29.7 Å². The Morgan fingerprint density at radius 1 is 1.00 bits per heavy atom. The molecule has 11 heteroatoms. The Bertz CT molecular complexity index is 1720. The predicted molar refractivity (Wildman–Crippen MR) is 156 cm³/mol. The number of carbonyl (C=O) groups is 3. The average molecular weight is 639 g/mol. The number of imide groups is 1. The van der Waals surface area contributed by atoms with E-state index >= 15 is 0 Å². The molecule has 0 saturated carbocycles. The fraction of sp³-hybridized carbons (Fsp3) is 0.172. The van der Waals surface area contributed by atoms with E-state index in [9.17, 15) is 23.6 Å². The largest absolute Gasteiger partial charge is 0.325 e. The first-order chi connectivity index (χ1) is 19.2. The molecular formula is C29H21BrFN3O4S2. The normalized spacial score (nSPS) is 19.9. The maximum Gasteiger partial charge on any atom is 0.308 e. The quantitative estimate of drug-likeness (QED) is 0.290. The zero-order valence-electron chi connectivity index (χ0n) is 21.0. The first-order valence-corrected chi connectivity index (χ1v) is 14.9. The second-order valence-corrected chi connectivity index (χ2v) is 12.7. The molecule has 3 unspecified atom stereocenters. The number of hydrogen-bond acceptors (Lipinski definition) is 6. The number of thioether (sulfide) groups is 1. The summed E-state index contributed by atoms with van der Waals surface area (Å²) in [6.07, 6.45) is 0. The minimum Gasteiger partial charge on any atom is -0.325 e. The summed E-state index contributed by atoms with van der Waals surface area (Å²) >= 11 is 5.62. The molecule has 2 aliphatic heterocycles. The Labute approximate surface area is 245 Å². The first-order valence-electron chi connectivity index (χ1n) is 12.4. The Hall–Kier alpha value is -3.54. The number of rotatable bonds is 5. The number of anilines is 2. The first kappa shape index (κ1) is 26.7. The fourth-order valence-electron chi connectivity index (χ4n) is 5.14. The molecule has 1 saturated heterocycles. The van der Waals surface area contributed by atoms with Gasteiger partial charge in [0.25, 0.3) is 0 Å². The van der Waals surface area contributed by atoms with Crippen LogP contribution in [-0.4, -0.2) is 27.5 Å². The van der Waals surface area contributed by atoms with E-state index in [1.807, 2.05) is 43.3 Å². The van der Waals surface area contributed by atoms with Crippen molar-refractivity contribution in [1.29, 1.82) is 0 Å². The predicted octanol–water partition coefficient (Wildman–Crippen LogP) is 5.55. The summed E-state index contributed by atoms with van der Waals surface area (Å²) in [4.78, 5) is 55.2. The standard InChI is InChI=1S/C29H21BrFN3O4S2/c1-15-5-9-19(10-6-15)32-21(35)14-33-28-25(40-29(33)38)22(16-3-2-4-17(30)13-16)23-24(39-28)27(37)34(26(23)36)20-11-7-18(31)8-12-20/h2-13,22-24H,14H2,1H3,(H,32,35). The Morgan fingerprint density at radius 2 is 1.73 bits per heavy atom. The molecule has 3 amide bonds. The van der Waals surface area contributed by atoms with Gasteiger partial charge in [-0.05, 0) is 61.0 Å². The van der Waals surface area contributed by atoms with Crippen molar-refractivity contribution in [2.24, 2.45) is 5.92 Å². The van der Waals surface area contributed by atoms with Gasteiger partial charge in [0.15, 0.2) is 0 Å². The molecule has 3 atom stereocenters. The Balaban J connectivity index is 1.41. The summed E-state index contributed by atoms with van der Waals surface area (Å²) in [6.45, 7) is 1.71. The highest BCUT2D eigenvalue weighted by Crippen LogP contribution is 2.54. The number of aromatic nitrogens is 1. The third-order valence-electron chi connectivity index (χ3n) is 6.98. The van der Waals surface area contributed by atoms with E-state index in [-0.39, 0.29) is 23.0 Å². The van der Waals surface area contributed by atoms with E-state index in [0.717, 1.165) is 43.6 Å². The third kappa shape index (κ3) is 4.71. The van der Waals surface area contributed by atoms with Gasteiger partial charge in [0, 0.05) is 21.0 Å². The molecule has 4 aromatic rings. The number of thiazole rings is 1. The van der Waals surface area contributed by atoms with Gasteiger partial charge in [0.2, 0.25) is 17.7 Å². The molecule has 3 heterocycles. The number of nitrogens with zero attached hydrogens (tertiary/aromatic N) is 2. The summed E-state index contributed by atoms with van der Waals surface area (Å²) in [6, 6.07) is 20.0. The smallest absolute Gasteiger partial charge is 0.308 e. The maximum absolute atomic E-state index is 13.9. The van der Waals surface area contributed by atoms with E-state index < -0.39 is 34.7 Å². The number of aryl methyl sites for hydroxylation is 1. The second kappa shape index (κ2) is 10.5. The Morgan fingerprint density at radius 3 is 2.42 bits per heavy atom. The van der Waals surface area contributed by atoms with E-state index in [0.29, 0.717) is 15.6 Å². The minimum absolute atomic E-state index is 0.238. The Kier molecular flexibility index (Phi) is 6.97. The molecule has 0 spiro atoms. The van der Waals surface area contributed by atoms with Crippen LogP contribution >= 0.6 is 39.0 Å². The summed E-state index contributed by atoms with van der Waals surface area (Å²) in [5.74, 6) is -3.07. The maximum atomic E-state index is 13.9. The topological polar surface area (TPSA) is 88.5 Å². The van der Waals surface area contributed by atoms with Gasteiger partial charge in [-0.3, -0.25) is 23.7 Å². The zero-order chi connectivity index (χ0) is 28.1. The number of carbonyl (C=O) groups excluding carboxylic acids is 3. The van der Waals surface area contributed by atoms with Crippen LogP contribution in [0.15, 0.2) is 87.1 Å². The highest BCUT2D eigenvalue weighted by Gasteiger charge is 2.56. The molecule has 2 aliphatic rings. The number of halogens is 2. The van der Waals surface area contributed by atoms with Gasteiger partial charge in [-0.25, -0.2) is 9.29 Å². The van der Waals surface area contributed by atoms with E-state index in [1.165, 1.54) is 28.8 Å². The number of nitrogens with one attached hydrogen (secondary N) is 1. The molecular weight excluding hydrogens is 617 g/mol. The van der Waals surface area contributed by atoms with Crippen LogP contribution in [0, 0.1) is 18.7 Å². The van der Waals surface area contributed by atoms with Crippen LogP contribution in [0.3, 0.4) is 0 Å². The van der Waals surface area contributed by atoms with Crippen LogP contribution in [0.25, 0.3) is 0 Å². The fourth-order valence-corrected chi connectivity index (χ4v) is 8.33. The summed E-state index contributed by atoms with van der Waals surface area (Å²) < 4.78 is 15.8. The number of benzene rings is 3. The highest BCUT2D eigenvalue weighted by molar-refractivity contribution is 9.10. The lowest BCUT2D eigenvalue weighted by molar-refractivity contribution is -0.122. The molecule has 0 aliphatic carbocycles. The van der Waals surface area contributed by atoms with E-state index in [2.05, 4.69) is 21.2 Å². The number of fused-ring (bicyclic) bond motifs is 2. The minimum atomic E-state index is -0.825. The molecule has 0 radical (unpaired) electrons. The molecule has 1 fully saturated rings. The van der Waals surface area contributed by atoms with Crippen molar-refractivity contribution < 1.29 is 18.8 Å². The molecule has 0 bridgehead atoms. The molecule has 1 aromatic heterocycles. The molecule has 6 rings (SSSR count). The molecule has 7 nitrogen and oxygen atoms in total. The SMILES string of the molecule is Cc1ccc(NC(=O)Cn2c3c(sc2=O)C(c2cccc(Br)c2)C2C(=O)N(c4ccc(F)cc4)C(=O)C2S3)cc1. The molecule has 40 heavy (non-hydrogen) atoms. The van der Waals surface area contributed by atoms with Crippen LogP contribution in [0.1, 0.15) is 21.9 Å². The van der Waals surface area contributed by atoms with Crippen molar-refractivity contribution in [3.05, 3.63) is 109 Å². The van der Waals surface area contributed by atoms with Crippen molar-refractivity contribution in [2.75, 3.05) is 10.2 Å². The lowest BCUT2D eigenvalue weighted by atomic mass is 9.83. The van der Waals surface area contributed by atoms with Crippen molar-refractivity contribution in [3.8, 4) is 0 Å². The van der Waals surface area contributed by atoms with Crippen molar-refractivity contribution in [1.82, 2.24) is 4.57 Å². The van der Waals surface area contributed by atoms with Gasteiger partial charge < -0.3 is 5.32 Å². The van der Waals surface area contributed by atoms with Gasteiger partial charge in [-0.2, -0.15) is 0 Å². The van der Waals surface area contributed by atoms with E-state index in [4.69, 9.17) is 0 Å². The number of amides is 3. The summed E-state index contributed by atoms with van der Waals surface area (Å²) in [5, 5.41) is 2.50.